The summed E-state index contributed by atoms with van der Waals surface area (Å²) in [5.74, 6) is 0.730. The maximum atomic E-state index is 12.5. The fraction of sp³-hybridized carbons (Fsp3) is 0.571. The van der Waals surface area contributed by atoms with Gasteiger partial charge in [0.2, 0.25) is 5.91 Å². The van der Waals surface area contributed by atoms with Gasteiger partial charge in [-0.15, -0.1) is 0 Å². The third kappa shape index (κ3) is 4.10. The molecule has 1 aliphatic carbocycles. The van der Waals surface area contributed by atoms with E-state index in [1.165, 1.54) is 32.1 Å². The lowest BCUT2D eigenvalue weighted by Gasteiger charge is -2.20. The molecule has 1 amide bonds. The lowest BCUT2D eigenvalue weighted by atomic mass is 9.86. The maximum absolute atomic E-state index is 12.5. The normalized spacial score (nSPS) is 15.7. The Morgan fingerprint density at radius 2 is 1.96 bits per heavy atom. The molecule has 0 unspecified atom stereocenters. The Hall–Kier alpha value is -1.85. The summed E-state index contributed by atoms with van der Waals surface area (Å²) < 4.78 is 1.86. The Balaban J connectivity index is 1.77. The number of carbonyl (C=O) groups excluding carboxylic acids is 1. The number of benzene rings is 1. The largest absolute Gasteiger partial charge is 0.394 e. The molecule has 1 fully saturated rings. The van der Waals surface area contributed by atoms with E-state index in [-0.39, 0.29) is 19.1 Å². The Labute approximate surface area is 155 Å². The van der Waals surface area contributed by atoms with Crippen molar-refractivity contribution in [2.24, 2.45) is 5.92 Å². The molecule has 0 spiro atoms. The predicted molar refractivity (Wildman–Crippen MR) is 104 cm³/mol. The van der Waals surface area contributed by atoms with E-state index in [1.807, 2.05) is 35.9 Å². The third-order valence-electron chi connectivity index (χ3n) is 5.66. The summed E-state index contributed by atoms with van der Waals surface area (Å²) in [6.45, 7) is 1.71. The Kier molecular flexibility index (Phi) is 6.33. The summed E-state index contributed by atoms with van der Waals surface area (Å²) in [7, 11) is 0. The molecule has 1 aromatic heterocycles. The van der Waals surface area contributed by atoms with E-state index in [0.717, 1.165) is 28.6 Å². The second-order valence-electron chi connectivity index (χ2n) is 7.53. The first-order valence-corrected chi connectivity index (χ1v) is 9.75. The van der Waals surface area contributed by atoms with Crippen LogP contribution in [0.4, 0.5) is 5.69 Å². The van der Waals surface area contributed by atoms with Gasteiger partial charge >= 0.3 is 0 Å². The molecule has 1 aromatic carbocycles. The topological polar surface area (TPSA) is 74.5 Å². The quantitative estimate of drug-likeness (QED) is 0.705. The zero-order valence-electron chi connectivity index (χ0n) is 15.6. The van der Waals surface area contributed by atoms with Gasteiger partial charge in [-0.05, 0) is 30.9 Å². The van der Waals surface area contributed by atoms with Crippen molar-refractivity contribution >= 4 is 22.5 Å². The zero-order valence-corrected chi connectivity index (χ0v) is 15.6. The van der Waals surface area contributed by atoms with Crippen LogP contribution in [0.3, 0.4) is 0 Å². The van der Waals surface area contributed by atoms with Gasteiger partial charge in [0.1, 0.15) is 0 Å². The van der Waals surface area contributed by atoms with Crippen LogP contribution in [-0.2, 0) is 4.79 Å². The molecule has 0 atom stereocenters. The molecule has 0 radical (unpaired) electrons. The van der Waals surface area contributed by atoms with Crippen molar-refractivity contribution in [1.82, 2.24) is 4.57 Å². The highest BCUT2D eigenvalue weighted by Gasteiger charge is 2.19. The van der Waals surface area contributed by atoms with Crippen LogP contribution in [0.5, 0.6) is 0 Å². The van der Waals surface area contributed by atoms with Crippen LogP contribution >= 0.6 is 0 Å². The number of anilines is 1. The van der Waals surface area contributed by atoms with Gasteiger partial charge in [-0.3, -0.25) is 4.79 Å². The summed E-state index contributed by atoms with van der Waals surface area (Å²) in [6, 6.07) is 5.51. The minimum absolute atomic E-state index is 0.0439. The van der Waals surface area contributed by atoms with Crippen LogP contribution < -0.4 is 5.32 Å². The summed E-state index contributed by atoms with van der Waals surface area (Å²) in [4.78, 5) is 12.5. The number of nitrogens with zero attached hydrogens (tertiary/aromatic N) is 1. The Bertz CT molecular complexity index is 743. The number of hydrogen-bond donors (Lipinski definition) is 3. The van der Waals surface area contributed by atoms with Crippen molar-refractivity contribution in [3.05, 3.63) is 30.0 Å². The van der Waals surface area contributed by atoms with Crippen LogP contribution in [0.15, 0.2) is 24.4 Å². The standard InChI is InChI=1S/C21H30N2O3/c1-15-6-5-9-19-21(15)18(12-23(19)17(13-24)14-25)22-20(26)11-10-16-7-3-2-4-8-16/h5-6,9,12,16-17,24-25H,2-4,7-8,10-11,13-14H2,1H3,(H,22,26). The van der Waals surface area contributed by atoms with Gasteiger partial charge in [0, 0.05) is 18.0 Å². The summed E-state index contributed by atoms with van der Waals surface area (Å²) in [5, 5.41) is 23.2. The predicted octanol–water partition coefficient (Wildman–Crippen LogP) is 3.77. The van der Waals surface area contributed by atoms with Gasteiger partial charge in [0.15, 0.2) is 0 Å². The molecule has 0 aliphatic heterocycles. The first-order chi connectivity index (χ1) is 12.6. The van der Waals surface area contributed by atoms with Gasteiger partial charge in [-0.25, -0.2) is 0 Å². The fourth-order valence-electron chi connectivity index (χ4n) is 4.15. The van der Waals surface area contributed by atoms with Crippen LogP contribution in [0.1, 0.15) is 56.6 Å². The second kappa shape index (κ2) is 8.69. The number of hydrogen-bond acceptors (Lipinski definition) is 3. The highest BCUT2D eigenvalue weighted by atomic mass is 16.3. The van der Waals surface area contributed by atoms with Gasteiger partial charge in [-0.1, -0.05) is 44.2 Å². The van der Waals surface area contributed by atoms with Crippen LogP contribution in [-0.4, -0.2) is 33.9 Å². The van der Waals surface area contributed by atoms with Crippen LogP contribution in [0, 0.1) is 12.8 Å². The first-order valence-electron chi connectivity index (χ1n) is 9.75. The molecule has 0 saturated heterocycles. The number of aliphatic hydroxyl groups is 2. The molecule has 1 heterocycles. The monoisotopic (exact) mass is 358 g/mol. The molecule has 1 aliphatic rings. The molecule has 5 nitrogen and oxygen atoms in total. The number of rotatable bonds is 7. The summed E-state index contributed by atoms with van der Waals surface area (Å²) in [6.07, 6.45) is 9.77. The highest BCUT2D eigenvalue weighted by molar-refractivity contribution is 6.03. The average Bonchev–Trinajstić information content (AvgIpc) is 3.02. The summed E-state index contributed by atoms with van der Waals surface area (Å²) >= 11 is 0. The number of carbonyl (C=O) groups is 1. The molecule has 142 valence electrons. The number of nitrogens with one attached hydrogen (secondary N) is 1. The molecular weight excluding hydrogens is 328 g/mol. The van der Waals surface area contributed by atoms with E-state index in [9.17, 15) is 15.0 Å². The lowest BCUT2D eigenvalue weighted by Crippen LogP contribution is -2.16. The SMILES string of the molecule is Cc1cccc2c1c(NC(=O)CCC1CCCCC1)cn2C(CO)CO. The third-order valence-corrected chi connectivity index (χ3v) is 5.66. The van der Waals surface area contributed by atoms with Crippen LogP contribution in [0.25, 0.3) is 10.9 Å². The van der Waals surface area contributed by atoms with Gasteiger partial charge in [0.05, 0.1) is 30.5 Å². The van der Waals surface area contributed by atoms with Crippen molar-refractivity contribution in [3.8, 4) is 0 Å². The zero-order chi connectivity index (χ0) is 18.5. The first kappa shape index (κ1) is 18.9. The van der Waals surface area contributed by atoms with E-state index in [4.69, 9.17) is 0 Å². The van der Waals surface area contributed by atoms with E-state index >= 15 is 0 Å². The van der Waals surface area contributed by atoms with Crippen LogP contribution in [0.2, 0.25) is 0 Å². The van der Waals surface area contributed by atoms with Crippen molar-refractivity contribution < 1.29 is 15.0 Å². The molecule has 3 rings (SSSR count). The van der Waals surface area contributed by atoms with E-state index in [1.54, 1.807) is 0 Å². The van der Waals surface area contributed by atoms with Crippen molar-refractivity contribution in [2.45, 2.75) is 57.9 Å². The van der Waals surface area contributed by atoms with Crippen molar-refractivity contribution in [2.75, 3.05) is 18.5 Å². The van der Waals surface area contributed by atoms with Gasteiger partial charge < -0.3 is 20.1 Å². The molecule has 26 heavy (non-hydrogen) atoms. The highest BCUT2D eigenvalue weighted by Crippen LogP contribution is 2.32. The van der Waals surface area contributed by atoms with Gasteiger partial charge in [0.25, 0.3) is 0 Å². The molecule has 3 N–H and O–H groups in total. The smallest absolute Gasteiger partial charge is 0.224 e. The minimum atomic E-state index is -0.410. The number of aliphatic hydroxyl groups excluding tert-OH is 2. The van der Waals surface area contributed by atoms with E-state index in [0.29, 0.717) is 12.3 Å². The summed E-state index contributed by atoms with van der Waals surface area (Å²) in [5.41, 5.74) is 2.75. The lowest BCUT2D eigenvalue weighted by molar-refractivity contribution is -0.116. The minimum Gasteiger partial charge on any atom is -0.394 e. The average molecular weight is 358 g/mol. The molecule has 5 heteroatoms. The van der Waals surface area contributed by atoms with Crippen molar-refractivity contribution in [1.29, 1.82) is 0 Å². The fourth-order valence-corrected chi connectivity index (χ4v) is 4.15. The number of fused-ring (bicyclic) bond motifs is 1. The number of aryl methyl sites for hydroxylation is 1. The molecule has 1 saturated carbocycles. The van der Waals surface area contributed by atoms with E-state index in [2.05, 4.69) is 5.32 Å². The Morgan fingerprint density at radius 3 is 2.65 bits per heavy atom. The maximum Gasteiger partial charge on any atom is 0.224 e. The molecular formula is C21H30N2O3. The second-order valence-corrected chi connectivity index (χ2v) is 7.53. The Morgan fingerprint density at radius 1 is 1.23 bits per heavy atom. The molecule has 2 aromatic rings. The van der Waals surface area contributed by atoms with Crippen molar-refractivity contribution in [3.63, 3.8) is 0 Å². The molecule has 0 bridgehead atoms. The number of amides is 1. The van der Waals surface area contributed by atoms with E-state index < -0.39 is 6.04 Å². The van der Waals surface area contributed by atoms with Gasteiger partial charge in [-0.2, -0.15) is 0 Å². The number of aromatic nitrogens is 1.